The fourth-order valence-electron chi connectivity index (χ4n) is 1.93. The Bertz CT molecular complexity index is 687. The first-order valence-electron chi connectivity index (χ1n) is 6.35. The minimum absolute atomic E-state index is 0.0845. The summed E-state index contributed by atoms with van der Waals surface area (Å²) < 4.78 is 60.5. The van der Waals surface area contributed by atoms with Gasteiger partial charge in [0.25, 0.3) is 0 Å². The second-order valence-electron chi connectivity index (χ2n) is 4.56. The highest BCUT2D eigenvalue weighted by Gasteiger charge is 2.42. The molecule has 0 amide bonds. The number of alkyl halides is 4. The maximum absolute atomic E-state index is 12.5. The minimum atomic E-state index is -4.76. The summed E-state index contributed by atoms with van der Waals surface area (Å²) in [5, 5.41) is 0. The summed E-state index contributed by atoms with van der Waals surface area (Å²) in [6.45, 7) is -1.64. The van der Waals surface area contributed by atoms with Gasteiger partial charge in [0.05, 0.1) is 9.79 Å². The van der Waals surface area contributed by atoms with Crippen LogP contribution in [0.3, 0.4) is 0 Å². The van der Waals surface area contributed by atoms with Gasteiger partial charge in [-0.15, -0.1) is 0 Å². The van der Waals surface area contributed by atoms with Crippen LogP contribution < -0.4 is 9.47 Å². The largest absolute Gasteiger partial charge is 0.478 e. The Morgan fingerprint density at radius 3 is 2.50 bits per heavy atom. The van der Waals surface area contributed by atoms with Crippen molar-refractivity contribution in [2.45, 2.75) is 22.1 Å². The number of fused-ring (bicyclic) bond motifs is 2. The lowest BCUT2D eigenvalue weighted by Gasteiger charge is -2.22. The molecule has 1 aliphatic rings. The first-order valence-corrected chi connectivity index (χ1v) is 7.17. The summed E-state index contributed by atoms with van der Waals surface area (Å²) in [5.41, 5.74) is 0. The highest BCUT2D eigenvalue weighted by molar-refractivity contribution is 7.99. The standard InChI is InChI=1S/C15H10F4O2S/c16-8-14(15(17,18)19)20-9-5-6-13-11(7-9)21-10-3-1-2-4-12(10)22-13/h1-7,14H,8H2. The summed E-state index contributed by atoms with van der Waals surface area (Å²) in [7, 11) is 0. The number of hydrogen-bond acceptors (Lipinski definition) is 3. The van der Waals surface area contributed by atoms with Crippen LogP contribution in [-0.2, 0) is 0 Å². The van der Waals surface area contributed by atoms with Crippen molar-refractivity contribution in [3.8, 4) is 17.2 Å². The first kappa shape index (κ1) is 15.0. The van der Waals surface area contributed by atoms with E-state index in [1.807, 2.05) is 12.1 Å². The van der Waals surface area contributed by atoms with Crippen molar-refractivity contribution in [3.05, 3.63) is 42.5 Å². The molecule has 0 aliphatic carbocycles. The maximum atomic E-state index is 12.5. The third-order valence-electron chi connectivity index (χ3n) is 2.99. The molecule has 2 aromatic carbocycles. The molecule has 2 nitrogen and oxygen atoms in total. The number of benzene rings is 2. The first-order chi connectivity index (χ1) is 10.5. The van der Waals surface area contributed by atoms with Gasteiger partial charge in [0, 0.05) is 6.07 Å². The van der Waals surface area contributed by atoms with E-state index in [9.17, 15) is 17.6 Å². The van der Waals surface area contributed by atoms with Crippen LogP contribution in [0.25, 0.3) is 0 Å². The molecule has 1 unspecified atom stereocenters. The highest BCUT2D eigenvalue weighted by atomic mass is 32.2. The molecular weight excluding hydrogens is 320 g/mol. The van der Waals surface area contributed by atoms with Crippen LogP contribution in [0.5, 0.6) is 17.2 Å². The van der Waals surface area contributed by atoms with Gasteiger partial charge in [-0.25, -0.2) is 4.39 Å². The van der Waals surface area contributed by atoms with E-state index in [1.54, 1.807) is 18.2 Å². The molecule has 1 aliphatic heterocycles. The molecule has 116 valence electrons. The Morgan fingerprint density at radius 1 is 1.05 bits per heavy atom. The van der Waals surface area contributed by atoms with Gasteiger partial charge >= 0.3 is 6.18 Å². The van der Waals surface area contributed by atoms with Crippen molar-refractivity contribution in [2.75, 3.05) is 6.67 Å². The molecule has 3 rings (SSSR count). The zero-order chi connectivity index (χ0) is 15.7. The Balaban J connectivity index is 1.84. The Hall–Kier alpha value is -1.89. The summed E-state index contributed by atoms with van der Waals surface area (Å²) in [4.78, 5) is 1.68. The van der Waals surface area contributed by atoms with Crippen molar-refractivity contribution in [1.82, 2.24) is 0 Å². The number of rotatable bonds is 3. The summed E-state index contributed by atoms with van der Waals surface area (Å²) in [6.07, 6.45) is -7.23. The second kappa shape index (κ2) is 5.72. The lowest BCUT2D eigenvalue weighted by Crippen LogP contribution is -2.36. The van der Waals surface area contributed by atoms with Gasteiger partial charge in [-0.3, -0.25) is 0 Å². The number of ether oxygens (including phenoxy) is 2. The van der Waals surface area contributed by atoms with E-state index in [4.69, 9.17) is 9.47 Å². The smallest absolute Gasteiger partial charge is 0.428 e. The molecule has 2 aromatic rings. The summed E-state index contributed by atoms with van der Waals surface area (Å²) >= 11 is 1.44. The molecule has 0 N–H and O–H groups in total. The monoisotopic (exact) mass is 330 g/mol. The van der Waals surface area contributed by atoms with Gasteiger partial charge in [0.2, 0.25) is 6.10 Å². The SMILES string of the molecule is FCC(Oc1ccc2c(c1)Oc1ccccc1S2)C(F)(F)F. The van der Waals surface area contributed by atoms with Gasteiger partial charge in [-0.1, -0.05) is 23.9 Å². The Kier molecular flexibility index (Phi) is 3.90. The predicted molar refractivity (Wildman–Crippen MR) is 73.5 cm³/mol. The van der Waals surface area contributed by atoms with E-state index in [2.05, 4.69) is 0 Å². The topological polar surface area (TPSA) is 18.5 Å². The van der Waals surface area contributed by atoms with E-state index < -0.39 is 19.0 Å². The van der Waals surface area contributed by atoms with E-state index in [0.29, 0.717) is 11.5 Å². The van der Waals surface area contributed by atoms with E-state index in [0.717, 1.165) is 9.79 Å². The Morgan fingerprint density at radius 2 is 1.77 bits per heavy atom. The minimum Gasteiger partial charge on any atom is -0.478 e. The molecule has 0 bridgehead atoms. The van der Waals surface area contributed by atoms with Crippen LogP contribution >= 0.6 is 11.8 Å². The van der Waals surface area contributed by atoms with Crippen molar-refractivity contribution in [1.29, 1.82) is 0 Å². The zero-order valence-corrected chi connectivity index (χ0v) is 11.9. The lowest BCUT2D eigenvalue weighted by atomic mass is 10.3. The Labute approximate surface area is 128 Å². The van der Waals surface area contributed by atoms with Gasteiger partial charge < -0.3 is 9.47 Å². The van der Waals surface area contributed by atoms with Crippen molar-refractivity contribution >= 4 is 11.8 Å². The van der Waals surface area contributed by atoms with Crippen molar-refractivity contribution < 1.29 is 27.0 Å². The van der Waals surface area contributed by atoms with Gasteiger partial charge in [-0.2, -0.15) is 13.2 Å². The van der Waals surface area contributed by atoms with Crippen LogP contribution in [0.15, 0.2) is 52.3 Å². The molecule has 0 saturated heterocycles. The lowest BCUT2D eigenvalue weighted by molar-refractivity contribution is -0.198. The van der Waals surface area contributed by atoms with Crippen molar-refractivity contribution in [3.63, 3.8) is 0 Å². The van der Waals surface area contributed by atoms with Gasteiger partial charge in [0.15, 0.2) is 0 Å². The summed E-state index contributed by atoms with van der Waals surface area (Å²) in [6, 6.07) is 11.6. The molecule has 22 heavy (non-hydrogen) atoms. The fraction of sp³-hybridized carbons (Fsp3) is 0.200. The fourth-order valence-corrected chi connectivity index (χ4v) is 2.86. The molecule has 1 atom stereocenters. The van der Waals surface area contributed by atoms with Crippen LogP contribution in [0.4, 0.5) is 17.6 Å². The molecule has 1 heterocycles. The van der Waals surface area contributed by atoms with Crippen LogP contribution in [-0.4, -0.2) is 19.0 Å². The average molecular weight is 330 g/mol. The van der Waals surface area contributed by atoms with Gasteiger partial charge in [-0.05, 0) is 24.3 Å². The quantitative estimate of drug-likeness (QED) is 0.613. The van der Waals surface area contributed by atoms with Crippen molar-refractivity contribution in [2.24, 2.45) is 0 Å². The molecule has 0 radical (unpaired) electrons. The van der Waals surface area contributed by atoms with E-state index >= 15 is 0 Å². The average Bonchev–Trinajstić information content (AvgIpc) is 2.49. The number of hydrogen-bond donors (Lipinski definition) is 0. The maximum Gasteiger partial charge on any atom is 0.428 e. The molecule has 0 aromatic heterocycles. The second-order valence-corrected chi connectivity index (χ2v) is 5.65. The summed E-state index contributed by atoms with van der Waals surface area (Å²) in [5.74, 6) is 0.926. The van der Waals surface area contributed by atoms with E-state index in [-0.39, 0.29) is 5.75 Å². The number of halogens is 4. The van der Waals surface area contributed by atoms with Crippen LogP contribution in [0.2, 0.25) is 0 Å². The molecule has 0 fully saturated rings. The predicted octanol–water partition coefficient (Wildman–Crippen LogP) is 5.22. The van der Waals surface area contributed by atoms with Crippen LogP contribution in [0.1, 0.15) is 0 Å². The van der Waals surface area contributed by atoms with Crippen LogP contribution in [0, 0.1) is 0 Å². The third-order valence-corrected chi connectivity index (χ3v) is 4.10. The third kappa shape index (κ3) is 2.99. The number of para-hydroxylation sites is 1. The van der Waals surface area contributed by atoms with E-state index in [1.165, 1.54) is 23.9 Å². The normalized spacial score (nSPS) is 14.5. The molecular formula is C15H10F4O2S. The molecule has 0 saturated carbocycles. The molecule has 7 heteroatoms. The zero-order valence-electron chi connectivity index (χ0n) is 11.1. The molecule has 0 spiro atoms. The van der Waals surface area contributed by atoms with Gasteiger partial charge in [0.1, 0.15) is 23.9 Å². The highest BCUT2D eigenvalue weighted by Crippen LogP contribution is 2.47.